The molecule has 0 spiro atoms. The van der Waals surface area contributed by atoms with Crippen molar-refractivity contribution in [2.75, 3.05) is 0 Å². The number of ketones is 1. The summed E-state index contributed by atoms with van der Waals surface area (Å²) < 4.78 is 41.9. The Kier molecular flexibility index (Phi) is 5.24. The first-order chi connectivity index (χ1) is 14.3. The Morgan fingerprint density at radius 1 is 0.933 bits per heavy atom. The molecule has 0 unspecified atom stereocenters. The summed E-state index contributed by atoms with van der Waals surface area (Å²) in [5.74, 6) is -2.46. The van der Waals surface area contributed by atoms with E-state index in [0.29, 0.717) is 22.2 Å². The molecule has 154 valence electrons. The number of aliphatic hydroxyl groups is 1. The molecular weight excluding hydrogens is 409 g/mol. The Labute approximate surface area is 176 Å². The number of alkyl halides is 3. The summed E-state index contributed by atoms with van der Waals surface area (Å²) in [6, 6.07) is 20.2. The van der Waals surface area contributed by atoms with Crippen molar-refractivity contribution in [2.24, 2.45) is 5.92 Å². The third kappa shape index (κ3) is 3.24. The van der Waals surface area contributed by atoms with E-state index < -0.39 is 28.7 Å². The molecule has 3 atom stereocenters. The Hall–Kier alpha value is -2.57. The maximum atomic E-state index is 14.9. The minimum absolute atomic E-state index is 0.0542. The largest absolute Gasteiger partial charge is 0.408 e. The monoisotopic (exact) mass is 428 g/mol. The van der Waals surface area contributed by atoms with Crippen molar-refractivity contribution < 1.29 is 23.1 Å². The van der Waals surface area contributed by atoms with Gasteiger partial charge in [0.2, 0.25) is 0 Å². The smallest absolute Gasteiger partial charge is 0.388 e. The molecule has 2 nitrogen and oxygen atoms in total. The number of rotatable bonds is 3. The van der Waals surface area contributed by atoms with Gasteiger partial charge in [-0.1, -0.05) is 78.4 Å². The zero-order valence-corrected chi connectivity index (χ0v) is 16.9. The van der Waals surface area contributed by atoms with Crippen molar-refractivity contribution in [3.05, 3.63) is 101 Å². The van der Waals surface area contributed by atoms with E-state index in [0.717, 1.165) is 5.56 Å². The molecule has 0 amide bonds. The van der Waals surface area contributed by atoms with Gasteiger partial charge in [0, 0.05) is 10.5 Å². The molecule has 0 saturated heterocycles. The van der Waals surface area contributed by atoms with Crippen LogP contribution >= 0.6 is 11.8 Å². The van der Waals surface area contributed by atoms with Crippen LogP contribution in [0.4, 0.5) is 13.2 Å². The fourth-order valence-corrected chi connectivity index (χ4v) is 5.54. The van der Waals surface area contributed by atoms with Gasteiger partial charge >= 0.3 is 6.18 Å². The van der Waals surface area contributed by atoms with E-state index in [4.69, 9.17) is 0 Å². The second kappa shape index (κ2) is 7.60. The number of carbonyl (C=O) groups excluding carboxylic acids is 1. The van der Waals surface area contributed by atoms with E-state index >= 15 is 0 Å². The number of halogens is 3. The second-order valence-corrected chi connectivity index (χ2v) is 8.68. The number of fused-ring (bicyclic) bond motifs is 1. The lowest BCUT2D eigenvalue weighted by atomic mass is 9.74. The van der Waals surface area contributed by atoms with E-state index in [2.05, 4.69) is 0 Å². The summed E-state index contributed by atoms with van der Waals surface area (Å²) in [4.78, 5) is 13.8. The molecule has 0 saturated carbocycles. The summed E-state index contributed by atoms with van der Waals surface area (Å²) in [5, 5.41) is 11.1. The fourth-order valence-electron chi connectivity index (χ4n) is 4.00. The summed E-state index contributed by atoms with van der Waals surface area (Å²) in [5.41, 5.74) is 1.32. The lowest BCUT2D eigenvalue weighted by molar-refractivity contribution is -0.180. The predicted octanol–water partition coefficient (Wildman–Crippen LogP) is 6.09. The number of Topliss-reactive ketones (excluding diaryl/α,β-unsaturated/α-hetero) is 1. The number of hydrogen-bond donors (Lipinski definition) is 1. The molecule has 6 heteroatoms. The maximum Gasteiger partial charge on any atom is 0.408 e. The minimum Gasteiger partial charge on any atom is -0.388 e. The normalized spacial score (nSPS) is 23.6. The molecule has 0 radical (unpaired) electrons. The highest BCUT2D eigenvalue weighted by Gasteiger charge is 2.67. The van der Waals surface area contributed by atoms with Gasteiger partial charge in [0.15, 0.2) is 10.5 Å². The van der Waals surface area contributed by atoms with Gasteiger partial charge in [-0.25, -0.2) is 0 Å². The van der Waals surface area contributed by atoms with Crippen LogP contribution in [0, 0.1) is 12.8 Å². The van der Waals surface area contributed by atoms with Crippen molar-refractivity contribution >= 4 is 17.5 Å². The Morgan fingerprint density at radius 3 is 2.17 bits per heavy atom. The van der Waals surface area contributed by atoms with Gasteiger partial charge in [-0.2, -0.15) is 13.2 Å². The average Bonchev–Trinajstić information content (AvgIpc) is 2.73. The van der Waals surface area contributed by atoms with Crippen LogP contribution in [0.1, 0.15) is 33.2 Å². The molecule has 0 fully saturated rings. The van der Waals surface area contributed by atoms with Crippen LogP contribution in [0.15, 0.2) is 83.8 Å². The minimum atomic E-state index is -4.79. The second-order valence-electron chi connectivity index (χ2n) is 7.39. The highest BCUT2D eigenvalue weighted by Crippen LogP contribution is 2.64. The van der Waals surface area contributed by atoms with Crippen LogP contribution < -0.4 is 0 Å². The van der Waals surface area contributed by atoms with Gasteiger partial charge in [-0.05, 0) is 24.1 Å². The van der Waals surface area contributed by atoms with Gasteiger partial charge in [0.1, 0.15) is 0 Å². The van der Waals surface area contributed by atoms with Crippen molar-refractivity contribution in [1.82, 2.24) is 0 Å². The summed E-state index contributed by atoms with van der Waals surface area (Å²) in [6.07, 6.45) is -6.39. The van der Waals surface area contributed by atoms with Gasteiger partial charge in [-0.15, -0.1) is 11.8 Å². The van der Waals surface area contributed by atoms with Gasteiger partial charge < -0.3 is 5.11 Å². The number of hydrogen-bond acceptors (Lipinski definition) is 3. The highest BCUT2D eigenvalue weighted by atomic mass is 32.2. The van der Waals surface area contributed by atoms with Crippen LogP contribution in [0.25, 0.3) is 0 Å². The Bertz CT molecular complexity index is 1060. The fraction of sp³-hybridized carbons (Fsp3) is 0.208. The van der Waals surface area contributed by atoms with Gasteiger partial charge in [-0.3, -0.25) is 4.79 Å². The van der Waals surface area contributed by atoms with Crippen LogP contribution in [-0.4, -0.2) is 17.1 Å². The van der Waals surface area contributed by atoms with Crippen LogP contribution in [-0.2, 0) is 4.75 Å². The zero-order chi connectivity index (χ0) is 21.5. The quantitative estimate of drug-likeness (QED) is 0.513. The van der Waals surface area contributed by atoms with E-state index in [1.807, 2.05) is 6.92 Å². The SMILES string of the molecule is Cc1ccc(C(=O)[C@@H]2[C@@H](O)c3ccccc3S[C@@]2(c2ccccc2)C(F)(F)F)cc1. The van der Waals surface area contributed by atoms with Crippen molar-refractivity contribution in [3.63, 3.8) is 0 Å². The third-order valence-electron chi connectivity index (χ3n) is 5.50. The summed E-state index contributed by atoms with van der Waals surface area (Å²) >= 11 is 0.597. The number of aryl methyl sites for hydroxylation is 1. The van der Waals surface area contributed by atoms with Crippen molar-refractivity contribution in [3.8, 4) is 0 Å². The lowest BCUT2D eigenvalue weighted by Gasteiger charge is -2.46. The van der Waals surface area contributed by atoms with Crippen molar-refractivity contribution in [1.29, 1.82) is 0 Å². The molecular formula is C24H19F3O2S. The molecule has 3 aromatic rings. The molecule has 1 aliphatic heterocycles. The predicted molar refractivity (Wildman–Crippen MR) is 110 cm³/mol. The number of benzene rings is 3. The number of thioether (sulfide) groups is 1. The first-order valence-electron chi connectivity index (χ1n) is 9.45. The van der Waals surface area contributed by atoms with Gasteiger partial charge in [0.05, 0.1) is 12.0 Å². The molecule has 0 aromatic heterocycles. The summed E-state index contributed by atoms with van der Waals surface area (Å²) in [7, 11) is 0. The number of aliphatic hydroxyl groups excluding tert-OH is 1. The van der Waals surface area contributed by atoms with Crippen LogP contribution in [0.5, 0.6) is 0 Å². The zero-order valence-electron chi connectivity index (χ0n) is 16.1. The summed E-state index contributed by atoms with van der Waals surface area (Å²) in [6.45, 7) is 1.83. The van der Waals surface area contributed by atoms with Crippen molar-refractivity contribution in [2.45, 2.75) is 28.8 Å². The topological polar surface area (TPSA) is 37.3 Å². The van der Waals surface area contributed by atoms with E-state index in [1.54, 1.807) is 42.5 Å². The Morgan fingerprint density at radius 2 is 1.53 bits per heavy atom. The maximum absolute atomic E-state index is 14.9. The van der Waals surface area contributed by atoms with Gasteiger partial charge in [0.25, 0.3) is 0 Å². The molecule has 3 aromatic carbocycles. The van der Waals surface area contributed by atoms with E-state index in [9.17, 15) is 23.1 Å². The molecule has 1 N–H and O–H groups in total. The molecule has 0 bridgehead atoms. The molecule has 1 heterocycles. The van der Waals surface area contributed by atoms with E-state index in [1.165, 1.54) is 36.4 Å². The molecule has 30 heavy (non-hydrogen) atoms. The first-order valence-corrected chi connectivity index (χ1v) is 10.3. The molecule has 0 aliphatic carbocycles. The third-order valence-corrected chi connectivity index (χ3v) is 7.14. The first kappa shape index (κ1) is 20.7. The Balaban J connectivity index is 1.99. The standard InChI is InChI=1S/C24H19F3O2S/c1-15-11-13-16(14-12-15)21(28)20-22(29)18-9-5-6-10-19(18)30-23(20,24(25,26)27)17-7-3-2-4-8-17/h2-14,20,22,29H,1H3/t20-,22+,23-/m1/s1. The molecule has 4 rings (SSSR count). The lowest BCUT2D eigenvalue weighted by Crippen LogP contribution is -2.53. The average molecular weight is 428 g/mol. The van der Waals surface area contributed by atoms with Crippen LogP contribution in [0.3, 0.4) is 0 Å². The molecule has 1 aliphatic rings. The highest BCUT2D eigenvalue weighted by molar-refractivity contribution is 8.00. The van der Waals surface area contributed by atoms with Crippen LogP contribution in [0.2, 0.25) is 0 Å². The van der Waals surface area contributed by atoms with E-state index in [-0.39, 0.29) is 11.1 Å². The number of carbonyl (C=O) groups is 1.